The molecule has 2 aromatic rings. The Hall–Kier alpha value is -1.60. The third kappa shape index (κ3) is 4.23. The number of carbonyl (C=O) groups excluding carboxylic acids is 1. The molecule has 1 aromatic carbocycles. The van der Waals surface area contributed by atoms with Crippen molar-refractivity contribution >= 4 is 39.8 Å². The Bertz CT molecular complexity index is 674. The van der Waals surface area contributed by atoms with Crippen molar-refractivity contribution < 1.29 is 4.79 Å². The summed E-state index contributed by atoms with van der Waals surface area (Å²) in [4.78, 5) is 12.0. The van der Waals surface area contributed by atoms with E-state index in [1.807, 2.05) is 18.2 Å². The van der Waals surface area contributed by atoms with Crippen LogP contribution >= 0.6 is 23.1 Å². The molecule has 2 N–H and O–H groups in total. The van der Waals surface area contributed by atoms with Gasteiger partial charge in [0.05, 0.1) is 5.25 Å². The van der Waals surface area contributed by atoms with Crippen LogP contribution in [-0.4, -0.2) is 27.9 Å². The van der Waals surface area contributed by atoms with Gasteiger partial charge in [0.2, 0.25) is 11.0 Å². The van der Waals surface area contributed by atoms with Gasteiger partial charge < -0.3 is 10.6 Å². The van der Waals surface area contributed by atoms with Gasteiger partial charge in [0.25, 0.3) is 0 Å². The van der Waals surface area contributed by atoms with Crippen molar-refractivity contribution in [1.82, 2.24) is 15.5 Å². The Balaban J connectivity index is 1.67. The molecule has 0 saturated carbocycles. The molecule has 1 fully saturated rings. The number of benzene rings is 1. The summed E-state index contributed by atoms with van der Waals surface area (Å²) >= 11 is 3.02. The zero-order valence-corrected chi connectivity index (χ0v) is 14.7. The molecule has 0 aliphatic carbocycles. The lowest BCUT2D eigenvalue weighted by Crippen LogP contribution is -2.30. The second-order valence-corrected chi connectivity index (χ2v) is 7.83. The second-order valence-electron chi connectivity index (χ2n) is 5.40. The van der Waals surface area contributed by atoms with Gasteiger partial charge in [0.1, 0.15) is 0 Å². The molecule has 5 nitrogen and oxygen atoms in total. The Morgan fingerprint density at radius 1 is 1.35 bits per heavy atom. The molecule has 7 heteroatoms. The van der Waals surface area contributed by atoms with E-state index in [0.29, 0.717) is 0 Å². The fourth-order valence-corrected chi connectivity index (χ4v) is 4.59. The van der Waals surface area contributed by atoms with E-state index >= 15 is 0 Å². The van der Waals surface area contributed by atoms with E-state index in [9.17, 15) is 4.79 Å². The summed E-state index contributed by atoms with van der Waals surface area (Å²) in [5, 5.41) is 15.4. The summed E-state index contributed by atoms with van der Waals surface area (Å²) in [7, 11) is 0. The summed E-state index contributed by atoms with van der Waals surface area (Å²) in [6, 6.07) is 8.20. The van der Waals surface area contributed by atoms with Gasteiger partial charge in [0, 0.05) is 12.2 Å². The first kappa shape index (κ1) is 16.3. The van der Waals surface area contributed by atoms with Gasteiger partial charge in [-0.2, -0.15) is 0 Å². The average molecular weight is 348 g/mol. The van der Waals surface area contributed by atoms with Crippen LogP contribution in [0.15, 0.2) is 28.6 Å². The minimum Gasteiger partial charge on any atom is -0.355 e. The number of anilines is 2. The van der Waals surface area contributed by atoms with Crippen LogP contribution in [0, 0.1) is 0 Å². The standard InChI is InChI=1S/C16H20N4OS2/c1-2-11-7-3-4-8-12(11)18-15-19-20-16(23-15)22-13-9-5-6-10-17-14(13)21/h3-4,7-8,13H,2,5-6,9-10H2,1H3,(H,17,21)(H,18,19). The normalized spacial score (nSPS) is 18.3. The molecule has 23 heavy (non-hydrogen) atoms. The van der Waals surface area contributed by atoms with E-state index in [0.717, 1.165) is 47.4 Å². The minimum atomic E-state index is -0.0544. The first-order valence-electron chi connectivity index (χ1n) is 7.89. The predicted molar refractivity (Wildman–Crippen MR) is 95.5 cm³/mol. The number of para-hydroxylation sites is 1. The maximum absolute atomic E-state index is 12.0. The van der Waals surface area contributed by atoms with Crippen LogP contribution in [-0.2, 0) is 11.2 Å². The van der Waals surface area contributed by atoms with Gasteiger partial charge in [-0.25, -0.2) is 0 Å². The zero-order valence-electron chi connectivity index (χ0n) is 13.0. The molecule has 2 heterocycles. The lowest BCUT2D eigenvalue weighted by atomic mass is 10.1. The molecule has 1 aliphatic rings. The lowest BCUT2D eigenvalue weighted by molar-refractivity contribution is -0.120. The Morgan fingerprint density at radius 2 is 2.22 bits per heavy atom. The lowest BCUT2D eigenvalue weighted by Gasteiger charge is -2.09. The summed E-state index contributed by atoms with van der Waals surface area (Å²) in [5.74, 6) is 0.119. The van der Waals surface area contributed by atoms with Crippen LogP contribution < -0.4 is 10.6 Å². The SMILES string of the molecule is CCc1ccccc1Nc1nnc(SC2CCCCNC2=O)s1. The average Bonchev–Trinajstić information content (AvgIpc) is 2.90. The number of nitrogens with zero attached hydrogens (tertiary/aromatic N) is 2. The molecule has 122 valence electrons. The number of nitrogens with one attached hydrogen (secondary N) is 2. The number of hydrogen-bond donors (Lipinski definition) is 2. The quantitative estimate of drug-likeness (QED) is 0.864. The van der Waals surface area contributed by atoms with Crippen molar-refractivity contribution in [2.45, 2.75) is 42.2 Å². The van der Waals surface area contributed by atoms with Gasteiger partial charge in [-0.3, -0.25) is 4.79 Å². The molecule has 1 amide bonds. The highest BCUT2D eigenvalue weighted by atomic mass is 32.2. The van der Waals surface area contributed by atoms with Gasteiger partial charge in [-0.1, -0.05) is 54.6 Å². The fraction of sp³-hybridized carbons (Fsp3) is 0.438. The third-order valence-corrected chi connectivity index (χ3v) is 5.96. The molecule has 0 spiro atoms. The van der Waals surface area contributed by atoms with Crippen LogP contribution in [0.25, 0.3) is 0 Å². The van der Waals surface area contributed by atoms with E-state index in [-0.39, 0.29) is 11.2 Å². The highest BCUT2D eigenvalue weighted by molar-refractivity contribution is 8.02. The summed E-state index contributed by atoms with van der Waals surface area (Å²) < 4.78 is 0.837. The molecular weight excluding hydrogens is 328 g/mol. The van der Waals surface area contributed by atoms with E-state index in [4.69, 9.17) is 0 Å². The van der Waals surface area contributed by atoms with Crippen LogP contribution in [0.4, 0.5) is 10.8 Å². The maximum Gasteiger partial charge on any atom is 0.233 e. The third-order valence-electron chi connectivity index (χ3n) is 3.77. The molecule has 1 aromatic heterocycles. The van der Waals surface area contributed by atoms with E-state index in [1.165, 1.54) is 28.7 Å². The molecule has 1 aliphatic heterocycles. The molecule has 0 bridgehead atoms. The zero-order chi connectivity index (χ0) is 16.1. The minimum absolute atomic E-state index is 0.0544. The number of hydrogen-bond acceptors (Lipinski definition) is 6. The largest absolute Gasteiger partial charge is 0.355 e. The Kier molecular flexibility index (Phi) is 5.51. The molecular formula is C16H20N4OS2. The number of amides is 1. The number of thioether (sulfide) groups is 1. The maximum atomic E-state index is 12.0. The highest BCUT2D eigenvalue weighted by Gasteiger charge is 2.23. The molecule has 3 rings (SSSR count). The van der Waals surface area contributed by atoms with Crippen LogP contribution in [0.3, 0.4) is 0 Å². The molecule has 1 atom stereocenters. The molecule has 1 unspecified atom stereocenters. The first-order valence-corrected chi connectivity index (χ1v) is 9.58. The fourth-order valence-electron chi connectivity index (χ4n) is 2.52. The topological polar surface area (TPSA) is 66.9 Å². The summed E-state index contributed by atoms with van der Waals surface area (Å²) in [6.07, 6.45) is 3.99. The van der Waals surface area contributed by atoms with Gasteiger partial charge in [-0.05, 0) is 30.9 Å². The van der Waals surface area contributed by atoms with E-state index in [1.54, 1.807) is 0 Å². The summed E-state index contributed by atoms with van der Waals surface area (Å²) in [5.41, 5.74) is 2.31. The number of carbonyl (C=O) groups is 1. The van der Waals surface area contributed by atoms with Crippen molar-refractivity contribution in [3.63, 3.8) is 0 Å². The predicted octanol–water partition coefficient (Wildman–Crippen LogP) is 3.60. The van der Waals surface area contributed by atoms with Crippen molar-refractivity contribution in [1.29, 1.82) is 0 Å². The molecule has 1 saturated heterocycles. The second kappa shape index (κ2) is 7.79. The van der Waals surface area contributed by atoms with Crippen molar-refractivity contribution in [3.8, 4) is 0 Å². The van der Waals surface area contributed by atoms with Crippen LogP contribution in [0.1, 0.15) is 31.7 Å². The van der Waals surface area contributed by atoms with Crippen molar-refractivity contribution in [2.75, 3.05) is 11.9 Å². The van der Waals surface area contributed by atoms with E-state index < -0.39 is 0 Å². The first-order chi connectivity index (χ1) is 11.3. The smallest absolute Gasteiger partial charge is 0.233 e. The Labute approximate surface area is 144 Å². The van der Waals surface area contributed by atoms with Crippen molar-refractivity contribution in [3.05, 3.63) is 29.8 Å². The number of aromatic nitrogens is 2. The molecule has 0 radical (unpaired) electrons. The van der Waals surface area contributed by atoms with E-state index in [2.05, 4.69) is 33.8 Å². The van der Waals surface area contributed by atoms with Crippen LogP contribution in [0.5, 0.6) is 0 Å². The number of aryl methyl sites for hydroxylation is 1. The monoisotopic (exact) mass is 348 g/mol. The van der Waals surface area contributed by atoms with Crippen molar-refractivity contribution in [2.24, 2.45) is 0 Å². The van der Waals surface area contributed by atoms with Crippen LogP contribution in [0.2, 0.25) is 0 Å². The number of rotatable bonds is 5. The Morgan fingerprint density at radius 3 is 3.09 bits per heavy atom. The van der Waals surface area contributed by atoms with Gasteiger partial charge in [0.15, 0.2) is 4.34 Å². The van der Waals surface area contributed by atoms with Gasteiger partial charge >= 0.3 is 0 Å². The summed E-state index contributed by atoms with van der Waals surface area (Å²) in [6.45, 7) is 2.92. The highest BCUT2D eigenvalue weighted by Crippen LogP contribution is 2.33. The van der Waals surface area contributed by atoms with Gasteiger partial charge in [-0.15, -0.1) is 10.2 Å².